The number of hydrogen-bond donors (Lipinski definition) is 1. The average molecular weight is 483 g/mol. The maximum atomic E-state index is 12.7. The van der Waals surface area contributed by atoms with Crippen LogP contribution in [-0.4, -0.2) is 34.0 Å². The van der Waals surface area contributed by atoms with Crippen molar-refractivity contribution in [3.8, 4) is 11.4 Å². The molecule has 31 heavy (non-hydrogen) atoms. The Morgan fingerprint density at radius 1 is 1.19 bits per heavy atom. The Balaban J connectivity index is 1.27. The third-order valence-corrected chi connectivity index (χ3v) is 6.21. The SMILES string of the molecule is CC(C)c1ccc(NC(=O)C2CCN(Cc3nc(-c4cccc(Br)c4)no3)CC2)cc1. The van der Waals surface area contributed by atoms with E-state index >= 15 is 0 Å². The van der Waals surface area contributed by atoms with Gasteiger partial charge in [0.2, 0.25) is 17.6 Å². The maximum Gasteiger partial charge on any atom is 0.241 e. The fraction of sp³-hybridized carbons (Fsp3) is 0.375. The molecule has 3 aromatic rings. The number of anilines is 1. The van der Waals surface area contributed by atoms with E-state index in [-0.39, 0.29) is 11.8 Å². The van der Waals surface area contributed by atoms with Gasteiger partial charge in [0.15, 0.2) is 0 Å². The quantitative estimate of drug-likeness (QED) is 0.503. The second-order valence-corrected chi connectivity index (χ2v) is 9.25. The highest BCUT2D eigenvalue weighted by Gasteiger charge is 2.26. The van der Waals surface area contributed by atoms with Crippen molar-refractivity contribution in [3.05, 3.63) is 64.5 Å². The van der Waals surface area contributed by atoms with E-state index in [1.807, 2.05) is 36.4 Å². The molecule has 0 unspecified atom stereocenters. The minimum Gasteiger partial charge on any atom is -0.338 e. The van der Waals surface area contributed by atoms with Crippen molar-refractivity contribution in [2.75, 3.05) is 18.4 Å². The van der Waals surface area contributed by atoms with Crippen LogP contribution in [0.2, 0.25) is 0 Å². The summed E-state index contributed by atoms with van der Waals surface area (Å²) in [5.41, 5.74) is 3.05. The van der Waals surface area contributed by atoms with Crippen molar-refractivity contribution in [3.63, 3.8) is 0 Å². The van der Waals surface area contributed by atoms with Gasteiger partial charge in [-0.2, -0.15) is 4.98 Å². The minimum absolute atomic E-state index is 0.0286. The van der Waals surface area contributed by atoms with Crippen LogP contribution in [0.1, 0.15) is 44.1 Å². The van der Waals surface area contributed by atoms with E-state index in [1.165, 1.54) is 5.56 Å². The molecule has 1 aromatic heterocycles. The Morgan fingerprint density at radius 3 is 2.61 bits per heavy atom. The average Bonchev–Trinajstić information content (AvgIpc) is 3.23. The lowest BCUT2D eigenvalue weighted by Crippen LogP contribution is -2.37. The van der Waals surface area contributed by atoms with Gasteiger partial charge >= 0.3 is 0 Å². The van der Waals surface area contributed by atoms with Crippen molar-refractivity contribution in [2.24, 2.45) is 5.92 Å². The molecule has 0 bridgehead atoms. The highest BCUT2D eigenvalue weighted by molar-refractivity contribution is 9.10. The highest BCUT2D eigenvalue weighted by atomic mass is 79.9. The number of amides is 1. The van der Waals surface area contributed by atoms with Crippen LogP contribution in [0.3, 0.4) is 0 Å². The first-order chi connectivity index (χ1) is 15.0. The van der Waals surface area contributed by atoms with Gasteiger partial charge in [0.1, 0.15) is 0 Å². The number of hydrogen-bond acceptors (Lipinski definition) is 5. The molecule has 0 aliphatic carbocycles. The molecule has 2 heterocycles. The monoisotopic (exact) mass is 482 g/mol. The lowest BCUT2D eigenvalue weighted by molar-refractivity contribution is -0.121. The number of carbonyl (C=O) groups excluding carboxylic acids is 1. The third kappa shape index (κ3) is 5.60. The largest absolute Gasteiger partial charge is 0.338 e. The second kappa shape index (κ2) is 9.75. The molecule has 0 spiro atoms. The molecular formula is C24H27BrN4O2. The van der Waals surface area contributed by atoms with E-state index in [0.29, 0.717) is 24.2 Å². The zero-order valence-electron chi connectivity index (χ0n) is 17.8. The lowest BCUT2D eigenvalue weighted by atomic mass is 9.95. The van der Waals surface area contributed by atoms with Gasteiger partial charge in [-0.3, -0.25) is 9.69 Å². The molecule has 1 N–H and O–H groups in total. The summed E-state index contributed by atoms with van der Waals surface area (Å²) in [5.74, 6) is 1.81. The van der Waals surface area contributed by atoms with Crippen molar-refractivity contribution in [1.82, 2.24) is 15.0 Å². The minimum atomic E-state index is 0.0286. The smallest absolute Gasteiger partial charge is 0.241 e. The number of aromatic nitrogens is 2. The zero-order valence-corrected chi connectivity index (χ0v) is 19.4. The molecule has 7 heteroatoms. The number of halogens is 1. The van der Waals surface area contributed by atoms with E-state index in [1.54, 1.807) is 0 Å². The molecule has 1 aliphatic heterocycles. The normalized spacial score (nSPS) is 15.4. The maximum absolute atomic E-state index is 12.7. The number of carbonyl (C=O) groups is 1. The third-order valence-electron chi connectivity index (χ3n) is 5.71. The number of nitrogens with zero attached hydrogens (tertiary/aromatic N) is 3. The summed E-state index contributed by atoms with van der Waals surface area (Å²) in [6, 6.07) is 16.0. The van der Waals surface area contributed by atoms with E-state index < -0.39 is 0 Å². The van der Waals surface area contributed by atoms with Crippen molar-refractivity contribution in [1.29, 1.82) is 0 Å². The van der Waals surface area contributed by atoms with Crippen LogP contribution in [0.4, 0.5) is 5.69 Å². The predicted octanol–water partition coefficient (Wildman–Crippen LogP) is 5.47. The van der Waals surface area contributed by atoms with Gasteiger partial charge in [-0.1, -0.05) is 59.2 Å². The van der Waals surface area contributed by atoms with Gasteiger partial charge in [0.25, 0.3) is 0 Å². The topological polar surface area (TPSA) is 71.3 Å². The van der Waals surface area contributed by atoms with Crippen LogP contribution in [0.15, 0.2) is 57.5 Å². The van der Waals surface area contributed by atoms with Crippen LogP contribution in [-0.2, 0) is 11.3 Å². The summed E-state index contributed by atoms with van der Waals surface area (Å²) < 4.78 is 6.42. The molecule has 6 nitrogen and oxygen atoms in total. The molecule has 162 valence electrons. The van der Waals surface area contributed by atoms with Crippen LogP contribution >= 0.6 is 15.9 Å². The number of benzene rings is 2. The van der Waals surface area contributed by atoms with Gasteiger partial charge in [-0.05, 0) is 61.7 Å². The molecule has 1 aliphatic rings. The van der Waals surface area contributed by atoms with E-state index in [9.17, 15) is 4.79 Å². The van der Waals surface area contributed by atoms with E-state index in [4.69, 9.17) is 4.52 Å². The first kappa shape index (κ1) is 21.7. The summed E-state index contributed by atoms with van der Waals surface area (Å²) >= 11 is 3.47. The van der Waals surface area contributed by atoms with Crippen LogP contribution in [0, 0.1) is 5.92 Å². The Bertz CT molecular complexity index is 1020. The predicted molar refractivity (Wildman–Crippen MR) is 125 cm³/mol. The van der Waals surface area contributed by atoms with E-state index in [0.717, 1.165) is 41.7 Å². The lowest BCUT2D eigenvalue weighted by Gasteiger charge is -2.30. The summed E-state index contributed by atoms with van der Waals surface area (Å²) in [7, 11) is 0. The molecule has 1 fully saturated rings. The molecule has 1 saturated heterocycles. The number of nitrogens with one attached hydrogen (secondary N) is 1. The summed E-state index contributed by atoms with van der Waals surface area (Å²) in [5, 5.41) is 7.17. The molecule has 0 saturated carbocycles. The Labute approximate surface area is 191 Å². The first-order valence-corrected chi connectivity index (χ1v) is 11.5. The fourth-order valence-electron chi connectivity index (χ4n) is 3.80. The van der Waals surface area contributed by atoms with Crippen LogP contribution in [0.25, 0.3) is 11.4 Å². The standard InChI is InChI=1S/C24H27BrN4O2/c1-16(2)17-6-8-21(9-7-17)26-24(30)18-10-12-29(13-11-18)15-22-27-23(28-31-22)19-4-3-5-20(25)14-19/h3-9,14,16,18H,10-13,15H2,1-2H3,(H,26,30). The van der Waals surface area contributed by atoms with Gasteiger partial charge in [-0.15, -0.1) is 0 Å². The van der Waals surface area contributed by atoms with Gasteiger partial charge in [0, 0.05) is 21.6 Å². The zero-order chi connectivity index (χ0) is 21.8. The highest BCUT2D eigenvalue weighted by Crippen LogP contribution is 2.24. The summed E-state index contributed by atoms with van der Waals surface area (Å²) in [6.45, 7) is 6.60. The molecular weight excluding hydrogens is 456 g/mol. The van der Waals surface area contributed by atoms with Gasteiger partial charge in [-0.25, -0.2) is 0 Å². The molecule has 2 aromatic carbocycles. The number of likely N-dealkylation sites (tertiary alicyclic amines) is 1. The van der Waals surface area contributed by atoms with Gasteiger partial charge in [0.05, 0.1) is 6.54 Å². The summed E-state index contributed by atoms with van der Waals surface area (Å²) in [6.07, 6.45) is 1.64. The Hall–Kier alpha value is -2.51. The Kier molecular flexibility index (Phi) is 6.83. The van der Waals surface area contributed by atoms with Crippen molar-refractivity contribution < 1.29 is 9.32 Å². The van der Waals surface area contributed by atoms with Crippen LogP contribution < -0.4 is 5.32 Å². The van der Waals surface area contributed by atoms with Crippen molar-refractivity contribution >= 4 is 27.5 Å². The molecule has 0 radical (unpaired) electrons. The number of rotatable bonds is 6. The summed E-state index contributed by atoms with van der Waals surface area (Å²) in [4.78, 5) is 19.5. The molecule has 0 atom stereocenters. The Morgan fingerprint density at radius 2 is 1.94 bits per heavy atom. The second-order valence-electron chi connectivity index (χ2n) is 8.34. The first-order valence-electron chi connectivity index (χ1n) is 10.7. The molecule has 4 rings (SSSR count). The van der Waals surface area contributed by atoms with Crippen LogP contribution in [0.5, 0.6) is 0 Å². The van der Waals surface area contributed by atoms with Gasteiger partial charge < -0.3 is 9.84 Å². The fourth-order valence-corrected chi connectivity index (χ4v) is 4.20. The number of piperidine rings is 1. The molecule has 1 amide bonds. The van der Waals surface area contributed by atoms with Crippen molar-refractivity contribution in [2.45, 2.75) is 39.2 Å². The van der Waals surface area contributed by atoms with E-state index in [2.05, 4.69) is 62.3 Å².